The van der Waals surface area contributed by atoms with E-state index in [-0.39, 0.29) is 16.8 Å². The third-order valence-electron chi connectivity index (χ3n) is 1.80. The average Bonchev–Trinajstić information content (AvgIpc) is 2.16. The number of benzene rings is 1. The lowest BCUT2D eigenvalue weighted by Gasteiger charge is -2.01. The van der Waals surface area contributed by atoms with E-state index in [1.165, 1.54) is 25.1 Å². The fraction of sp³-hybridized carbons (Fsp3) is 0.125. The quantitative estimate of drug-likeness (QED) is 0.441. The van der Waals surface area contributed by atoms with Gasteiger partial charge in [0.25, 0.3) is 5.69 Å². The SMILES string of the molecule is Cc1c(C(=O)OO)cccc1[N+](=O)[O-]. The van der Waals surface area contributed by atoms with Gasteiger partial charge in [-0.1, -0.05) is 6.07 Å². The van der Waals surface area contributed by atoms with Gasteiger partial charge >= 0.3 is 5.97 Å². The molecule has 0 saturated carbocycles. The average molecular weight is 197 g/mol. The third-order valence-corrected chi connectivity index (χ3v) is 1.80. The second kappa shape index (κ2) is 3.84. The summed E-state index contributed by atoms with van der Waals surface area (Å²) >= 11 is 0. The second-order valence-electron chi connectivity index (χ2n) is 2.59. The third kappa shape index (κ3) is 1.69. The van der Waals surface area contributed by atoms with Gasteiger partial charge in [-0.05, 0) is 13.0 Å². The summed E-state index contributed by atoms with van der Waals surface area (Å²) in [5.74, 6) is -1.01. The van der Waals surface area contributed by atoms with Crippen molar-refractivity contribution in [2.45, 2.75) is 6.92 Å². The molecule has 0 bridgehead atoms. The number of rotatable bonds is 2. The molecule has 14 heavy (non-hydrogen) atoms. The van der Waals surface area contributed by atoms with Crippen LogP contribution in [-0.2, 0) is 4.89 Å². The standard InChI is InChI=1S/C8H7NO5/c1-5-6(8(10)14-13)3-2-4-7(5)9(11)12/h2-4,13H,1H3. The van der Waals surface area contributed by atoms with Crippen LogP contribution in [0.15, 0.2) is 18.2 Å². The summed E-state index contributed by atoms with van der Waals surface area (Å²) in [7, 11) is 0. The lowest BCUT2D eigenvalue weighted by molar-refractivity contribution is -0.385. The van der Waals surface area contributed by atoms with Gasteiger partial charge in [-0.3, -0.25) is 15.0 Å². The first-order chi connectivity index (χ1) is 6.57. The predicted molar refractivity (Wildman–Crippen MR) is 45.9 cm³/mol. The van der Waals surface area contributed by atoms with Crippen LogP contribution in [0.4, 0.5) is 5.69 Å². The summed E-state index contributed by atoms with van der Waals surface area (Å²) in [6.07, 6.45) is 0. The Morgan fingerprint density at radius 3 is 2.71 bits per heavy atom. The molecule has 0 aromatic heterocycles. The van der Waals surface area contributed by atoms with E-state index in [0.717, 1.165) is 0 Å². The van der Waals surface area contributed by atoms with Crippen LogP contribution in [0.25, 0.3) is 0 Å². The normalized spacial score (nSPS) is 9.57. The maximum atomic E-state index is 10.9. The van der Waals surface area contributed by atoms with Gasteiger partial charge in [0.2, 0.25) is 0 Å². The van der Waals surface area contributed by atoms with Crippen LogP contribution >= 0.6 is 0 Å². The van der Waals surface area contributed by atoms with E-state index in [9.17, 15) is 14.9 Å². The molecule has 0 fully saturated rings. The number of hydrogen-bond donors (Lipinski definition) is 1. The minimum Gasteiger partial charge on any atom is -0.295 e. The molecule has 1 aromatic carbocycles. The van der Waals surface area contributed by atoms with E-state index in [0.29, 0.717) is 0 Å². The number of nitrogens with zero attached hydrogens (tertiary/aromatic N) is 1. The smallest absolute Gasteiger partial charge is 0.295 e. The Hall–Kier alpha value is -1.95. The van der Waals surface area contributed by atoms with Crippen molar-refractivity contribution < 1.29 is 19.9 Å². The van der Waals surface area contributed by atoms with Crippen LogP contribution in [-0.4, -0.2) is 16.1 Å². The van der Waals surface area contributed by atoms with Crippen LogP contribution in [0.1, 0.15) is 15.9 Å². The maximum absolute atomic E-state index is 10.9. The molecule has 0 heterocycles. The first-order valence-corrected chi connectivity index (χ1v) is 3.67. The number of carbonyl (C=O) groups is 1. The molecule has 6 heteroatoms. The lowest BCUT2D eigenvalue weighted by atomic mass is 10.1. The number of hydrogen-bond acceptors (Lipinski definition) is 5. The van der Waals surface area contributed by atoms with Crippen molar-refractivity contribution in [2.75, 3.05) is 0 Å². The van der Waals surface area contributed by atoms with Gasteiger partial charge in [-0.2, -0.15) is 5.26 Å². The van der Waals surface area contributed by atoms with E-state index in [2.05, 4.69) is 4.89 Å². The Kier molecular flexibility index (Phi) is 2.78. The summed E-state index contributed by atoms with van der Waals surface area (Å²) in [4.78, 5) is 24.3. The minimum atomic E-state index is -1.01. The summed E-state index contributed by atoms with van der Waals surface area (Å²) in [5, 5.41) is 18.6. The van der Waals surface area contributed by atoms with E-state index < -0.39 is 10.9 Å². The molecule has 0 atom stereocenters. The minimum absolute atomic E-state index is 0.0262. The predicted octanol–water partition coefficient (Wildman–Crippen LogP) is 1.53. The number of nitro benzene ring substituents is 1. The highest BCUT2D eigenvalue weighted by Gasteiger charge is 2.18. The summed E-state index contributed by atoms with van der Waals surface area (Å²) < 4.78 is 0. The molecule has 1 rings (SSSR count). The zero-order valence-electron chi connectivity index (χ0n) is 7.26. The van der Waals surface area contributed by atoms with Crippen LogP contribution in [0.3, 0.4) is 0 Å². The van der Waals surface area contributed by atoms with Crippen LogP contribution < -0.4 is 0 Å². The van der Waals surface area contributed by atoms with Gasteiger partial charge in [0.05, 0.1) is 10.5 Å². The molecule has 0 amide bonds. The van der Waals surface area contributed by atoms with Crippen LogP contribution in [0, 0.1) is 17.0 Å². The summed E-state index contributed by atoms with van der Waals surface area (Å²) in [6, 6.07) is 3.95. The molecule has 0 aliphatic carbocycles. The Labute approximate surface area is 78.8 Å². The van der Waals surface area contributed by atoms with Crippen molar-refractivity contribution >= 4 is 11.7 Å². The molecule has 0 aliphatic heterocycles. The first kappa shape index (κ1) is 10.1. The molecule has 0 unspecified atom stereocenters. The Bertz CT molecular complexity index is 387. The molecule has 6 nitrogen and oxygen atoms in total. The van der Waals surface area contributed by atoms with Crippen LogP contribution in [0.5, 0.6) is 0 Å². The largest absolute Gasteiger partial charge is 0.373 e. The Morgan fingerprint density at radius 2 is 2.21 bits per heavy atom. The molecular formula is C8H7NO5. The van der Waals surface area contributed by atoms with Crippen molar-refractivity contribution in [1.29, 1.82) is 0 Å². The highest BCUT2D eigenvalue weighted by Crippen LogP contribution is 2.21. The van der Waals surface area contributed by atoms with E-state index in [1.54, 1.807) is 0 Å². The number of carbonyl (C=O) groups excluding carboxylic acids is 1. The molecular weight excluding hydrogens is 190 g/mol. The first-order valence-electron chi connectivity index (χ1n) is 3.67. The molecule has 0 spiro atoms. The fourth-order valence-electron chi connectivity index (χ4n) is 1.09. The maximum Gasteiger partial charge on any atom is 0.373 e. The molecule has 0 radical (unpaired) electrons. The van der Waals surface area contributed by atoms with Crippen molar-refractivity contribution in [1.82, 2.24) is 0 Å². The van der Waals surface area contributed by atoms with Crippen molar-refractivity contribution in [3.63, 3.8) is 0 Å². The fourth-order valence-corrected chi connectivity index (χ4v) is 1.09. The summed E-state index contributed by atoms with van der Waals surface area (Å²) in [5.41, 5.74) is -0.0499. The Balaban J connectivity index is 3.27. The van der Waals surface area contributed by atoms with Gasteiger partial charge < -0.3 is 0 Å². The highest BCUT2D eigenvalue weighted by molar-refractivity contribution is 5.91. The van der Waals surface area contributed by atoms with Gasteiger partial charge in [-0.25, -0.2) is 4.79 Å². The van der Waals surface area contributed by atoms with E-state index in [1.807, 2.05) is 0 Å². The summed E-state index contributed by atoms with van der Waals surface area (Å²) in [6.45, 7) is 1.41. The van der Waals surface area contributed by atoms with E-state index >= 15 is 0 Å². The molecule has 0 aliphatic rings. The Morgan fingerprint density at radius 1 is 1.57 bits per heavy atom. The van der Waals surface area contributed by atoms with Gasteiger partial charge in [0, 0.05) is 11.6 Å². The zero-order valence-corrected chi connectivity index (χ0v) is 7.26. The van der Waals surface area contributed by atoms with Crippen molar-refractivity contribution in [3.05, 3.63) is 39.4 Å². The van der Waals surface area contributed by atoms with Gasteiger partial charge in [-0.15, -0.1) is 0 Å². The van der Waals surface area contributed by atoms with Gasteiger partial charge in [0.1, 0.15) is 0 Å². The highest BCUT2D eigenvalue weighted by atomic mass is 17.1. The van der Waals surface area contributed by atoms with E-state index in [4.69, 9.17) is 5.26 Å². The monoisotopic (exact) mass is 197 g/mol. The molecule has 74 valence electrons. The van der Waals surface area contributed by atoms with Crippen LogP contribution in [0.2, 0.25) is 0 Å². The topological polar surface area (TPSA) is 89.7 Å². The molecule has 0 saturated heterocycles. The van der Waals surface area contributed by atoms with Gasteiger partial charge in [0.15, 0.2) is 0 Å². The molecule has 1 N–H and O–H groups in total. The zero-order chi connectivity index (χ0) is 10.7. The second-order valence-corrected chi connectivity index (χ2v) is 2.59. The van der Waals surface area contributed by atoms with Crippen molar-refractivity contribution in [3.8, 4) is 0 Å². The lowest BCUT2D eigenvalue weighted by Crippen LogP contribution is -2.05. The molecule has 1 aromatic rings. The number of nitro groups is 1. The van der Waals surface area contributed by atoms with Crippen molar-refractivity contribution in [2.24, 2.45) is 0 Å².